The van der Waals surface area contributed by atoms with Crippen LogP contribution in [-0.2, 0) is 0 Å². The summed E-state index contributed by atoms with van der Waals surface area (Å²) in [6, 6.07) is 0. The molecule has 0 atom stereocenters. The first-order valence-electron chi connectivity index (χ1n) is 3.11. The average molecular weight is 160 g/mol. The predicted molar refractivity (Wildman–Crippen MR) is 44.9 cm³/mol. The van der Waals surface area contributed by atoms with Crippen LogP contribution in [-0.4, -0.2) is 53.5 Å². The Kier molecular flexibility index (Phi) is 5.31. The van der Waals surface area contributed by atoms with Gasteiger partial charge in [-0.05, 0) is 33.0 Å². The van der Waals surface area contributed by atoms with E-state index in [1.54, 1.807) is 0 Å². The van der Waals surface area contributed by atoms with Gasteiger partial charge in [0.1, 0.15) is 0 Å². The van der Waals surface area contributed by atoms with Gasteiger partial charge < -0.3 is 4.90 Å². The van der Waals surface area contributed by atoms with E-state index in [-0.39, 0.29) is 23.1 Å². The summed E-state index contributed by atoms with van der Waals surface area (Å²) in [5.74, 6) is 0. The number of rotatable bonds is 0. The molecule has 1 fully saturated rings. The molecule has 3 heteroatoms. The van der Waals surface area contributed by atoms with E-state index >= 15 is 0 Å². The molecule has 0 aliphatic carbocycles. The summed E-state index contributed by atoms with van der Waals surface area (Å²) < 4.78 is 0. The molecule has 0 amide bonds. The number of likely N-dealkylation sites (tertiary alicyclic amines) is 1. The van der Waals surface area contributed by atoms with E-state index in [4.69, 9.17) is 11.6 Å². The second kappa shape index (κ2) is 4.77. The van der Waals surface area contributed by atoms with Gasteiger partial charge in [-0.2, -0.15) is 0 Å². The molecule has 1 rings (SSSR count). The lowest BCUT2D eigenvalue weighted by Gasteiger charge is -2.24. The number of alkyl halides is 1. The Morgan fingerprint density at radius 1 is 1.33 bits per heavy atom. The van der Waals surface area contributed by atoms with Crippen molar-refractivity contribution in [3.8, 4) is 0 Å². The molecule has 0 radical (unpaired) electrons. The van der Waals surface area contributed by atoms with Crippen LogP contribution in [0.25, 0.3) is 0 Å². The smallest absolute Gasteiger partial charge is 0.306 e. The Labute approximate surface area is 77.9 Å². The normalized spacial score (nSPS) is 23.3. The highest BCUT2D eigenvalue weighted by Gasteiger charge is 2.12. The summed E-state index contributed by atoms with van der Waals surface area (Å²) in [7, 11) is 2.14. The third-order valence-corrected chi connectivity index (χ3v) is 2.08. The fourth-order valence-corrected chi connectivity index (χ4v) is 1.17. The van der Waals surface area contributed by atoms with Gasteiger partial charge >= 0.3 is 23.1 Å². The zero-order chi connectivity index (χ0) is 5.98. The summed E-state index contributed by atoms with van der Waals surface area (Å²) in [4.78, 5) is 2.32. The second-order valence-electron chi connectivity index (χ2n) is 2.48. The van der Waals surface area contributed by atoms with Gasteiger partial charge in [-0.15, -0.1) is 11.6 Å². The van der Waals surface area contributed by atoms with Crippen molar-refractivity contribution in [3.63, 3.8) is 0 Å². The maximum atomic E-state index is 5.86. The Morgan fingerprint density at radius 2 is 1.78 bits per heavy atom. The standard InChI is InChI=1S/C6H12ClN.Mg.2H/c1-8-4-2-6(7)3-5-8;;;/h6H,2-5H2,1H3;;;. The van der Waals surface area contributed by atoms with Crippen molar-refractivity contribution in [3.05, 3.63) is 0 Å². The van der Waals surface area contributed by atoms with Gasteiger partial charge in [-0.3, -0.25) is 0 Å². The molecule has 0 saturated carbocycles. The largest absolute Gasteiger partial charge is 0.316 e. The molecule has 0 spiro atoms. The lowest BCUT2D eigenvalue weighted by atomic mass is 10.1. The number of halogens is 1. The highest BCUT2D eigenvalue weighted by molar-refractivity contribution is 6.20. The lowest BCUT2D eigenvalue weighted by molar-refractivity contribution is 0.280. The van der Waals surface area contributed by atoms with Gasteiger partial charge in [0, 0.05) is 5.38 Å². The monoisotopic (exact) mass is 159 g/mol. The van der Waals surface area contributed by atoms with Crippen LogP contribution >= 0.6 is 11.6 Å². The van der Waals surface area contributed by atoms with Crippen LogP contribution in [0.2, 0.25) is 0 Å². The van der Waals surface area contributed by atoms with Crippen molar-refractivity contribution in [2.75, 3.05) is 20.1 Å². The number of hydrogen-bond acceptors (Lipinski definition) is 1. The van der Waals surface area contributed by atoms with E-state index in [2.05, 4.69) is 11.9 Å². The zero-order valence-electron chi connectivity index (χ0n) is 5.23. The summed E-state index contributed by atoms with van der Waals surface area (Å²) in [6.45, 7) is 2.35. The van der Waals surface area contributed by atoms with Crippen LogP contribution in [0.15, 0.2) is 0 Å². The fraction of sp³-hybridized carbons (Fsp3) is 1.00. The van der Waals surface area contributed by atoms with Crippen molar-refractivity contribution in [2.45, 2.75) is 18.2 Å². The highest BCUT2D eigenvalue weighted by atomic mass is 35.5. The first-order valence-corrected chi connectivity index (χ1v) is 3.55. The van der Waals surface area contributed by atoms with Crippen LogP contribution in [0.4, 0.5) is 0 Å². The van der Waals surface area contributed by atoms with Crippen molar-refractivity contribution in [1.82, 2.24) is 4.90 Å². The maximum Gasteiger partial charge on any atom is 0.316 e. The lowest BCUT2D eigenvalue weighted by Crippen LogP contribution is -2.30. The minimum Gasteiger partial charge on any atom is -0.306 e. The topological polar surface area (TPSA) is 3.24 Å². The maximum absolute atomic E-state index is 5.86. The van der Waals surface area contributed by atoms with E-state index in [1.807, 2.05) is 0 Å². The fourth-order valence-electron chi connectivity index (χ4n) is 0.977. The molecular weight excluding hydrogens is 146 g/mol. The third kappa shape index (κ3) is 3.66. The van der Waals surface area contributed by atoms with Gasteiger partial charge in [0.15, 0.2) is 0 Å². The highest BCUT2D eigenvalue weighted by Crippen LogP contribution is 2.13. The Morgan fingerprint density at radius 3 is 2.11 bits per heavy atom. The molecule has 52 valence electrons. The number of piperidine rings is 1. The molecule has 0 bridgehead atoms. The van der Waals surface area contributed by atoms with Crippen molar-refractivity contribution >= 4 is 34.7 Å². The second-order valence-corrected chi connectivity index (χ2v) is 3.10. The minimum atomic E-state index is 0. The molecular formula is C6H14ClMgN. The van der Waals surface area contributed by atoms with Crippen LogP contribution in [0.3, 0.4) is 0 Å². The third-order valence-electron chi connectivity index (χ3n) is 1.65. The first kappa shape index (κ1) is 10.0. The Bertz CT molecular complexity index is 61.5. The number of nitrogens with zero attached hydrogens (tertiary/aromatic N) is 1. The summed E-state index contributed by atoms with van der Waals surface area (Å²) in [6.07, 6.45) is 2.33. The van der Waals surface area contributed by atoms with Crippen molar-refractivity contribution < 1.29 is 0 Å². The van der Waals surface area contributed by atoms with Crippen LogP contribution in [0.1, 0.15) is 12.8 Å². The predicted octanol–water partition coefficient (Wildman–Crippen LogP) is 0.403. The molecule has 0 N–H and O–H groups in total. The summed E-state index contributed by atoms with van der Waals surface area (Å²) >= 11 is 5.86. The van der Waals surface area contributed by atoms with Crippen molar-refractivity contribution in [1.29, 1.82) is 0 Å². The summed E-state index contributed by atoms with van der Waals surface area (Å²) in [5, 5.41) is 0.450. The summed E-state index contributed by atoms with van der Waals surface area (Å²) in [5.41, 5.74) is 0. The number of hydrogen-bond donors (Lipinski definition) is 0. The van der Waals surface area contributed by atoms with E-state index in [1.165, 1.54) is 13.1 Å². The molecule has 1 nitrogen and oxygen atoms in total. The molecule has 1 heterocycles. The van der Waals surface area contributed by atoms with Crippen molar-refractivity contribution in [2.24, 2.45) is 0 Å². The van der Waals surface area contributed by atoms with Crippen LogP contribution < -0.4 is 0 Å². The van der Waals surface area contributed by atoms with Crippen LogP contribution in [0.5, 0.6) is 0 Å². The van der Waals surface area contributed by atoms with E-state index < -0.39 is 0 Å². The Hall–Kier alpha value is 1.02. The van der Waals surface area contributed by atoms with Gasteiger partial charge in [-0.25, -0.2) is 0 Å². The molecule has 1 aliphatic rings. The molecule has 0 unspecified atom stereocenters. The van der Waals surface area contributed by atoms with E-state index in [0.29, 0.717) is 5.38 Å². The first-order chi connectivity index (χ1) is 3.79. The molecule has 0 aromatic rings. The van der Waals surface area contributed by atoms with Gasteiger partial charge in [0.05, 0.1) is 0 Å². The molecule has 9 heavy (non-hydrogen) atoms. The zero-order valence-corrected chi connectivity index (χ0v) is 5.99. The van der Waals surface area contributed by atoms with Gasteiger partial charge in [0.2, 0.25) is 0 Å². The Balaban J connectivity index is 0.000000640. The molecule has 1 saturated heterocycles. The van der Waals surface area contributed by atoms with Crippen LogP contribution in [0, 0.1) is 0 Å². The molecule has 0 aromatic heterocycles. The quantitative estimate of drug-likeness (QED) is 0.366. The van der Waals surface area contributed by atoms with E-state index in [0.717, 1.165) is 12.8 Å². The van der Waals surface area contributed by atoms with Gasteiger partial charge in [-0.1, -0.05) is 0 Å². The molecule has 1 aliphatic heterocycles. The minimum absolute atomic E-state index is 0. The van der Waals surface area contributed by atoms with Gasteiger partial charge in [0.25, 0.3) is 0 Å². The SMILES string of the molecule is CN1CCC(Cl)CC1.[MgH2]. The molecule has 0 aromatic carbocycles. The average Bonchev–Trinajstić information content (AvgIpc) is 1.77. The van der Waals surface area contributed by atoms with E-state index in [9.17, 15) is 0 Å².